The molecule has 120 valence electrons. The number of hydrogen-bond acceptors (Lipinski definition) is 2. The van der Waals surface area contributed by atoms with Crippen molar-refractivity contribution in [1.82, 2.24) is 5.32 Å². The second-order valence-corrected chi connectivity index (χ2v) is 5.33. The van der Waals surface area contributed by atoms with E-state index in [4.69, 9.17) is 0 Å². The van der Waals surface area contributed by atoms with Gasteiger partial charge in [-0.25, -0.2) is 0 Å². The average Bonchev–Trinajstić information content (AvgIpc) is 2.47. The normalized spacial score (nSPS) is 19.5. The van der Waals surface area contributed by atoms with Crippen LogP contribution in [0.1, 0.15) is 37.8 Å². The smallest absolute Gasteiger partial charge is 0.406 e. The summed E-state index contributed by atoms with van der Waals surface area (Å²) in [6.07, 6.45) is 1.82. The summed E-state index contributed by atoms with van der Waals surface area (Å²) in [6.45, 7) is 1.80. The van der Waals surface area contributed by atoms with Gasteiger partial charge >= 0.3 is 6.36 Å². The summed E-state index contributed by atoms with van der Waals surface area (Å²) in [4.78, 5) is 12.1. The third kappa shape index (κ3) is 4.79. The number of carbonyl (C=O) groups excluding carboxylic acids is 1. The van der Waals surface area contributed by atoms with Gasteiger partial charge in [0.1, 0.15) is 5.75 Å². The second-order valence-electron chi connectivity index (χ2n) is 5.33. The number of carbonyl (C=O) groups is 1. The molecule has 0 aliphatic heterocycles. The Morgan fingerprint density at radius 1 is 1.27 bits per heavy atom. The topological polar surface area (TPSA) is 38.3 Å². The van der Waals surface area contributed by atoms with E-state index in [-0.39, 0.29) is 23.6 Å². The molecule has 0 heterocycles. The Morgan fingerprint density at radius 3 is 2.50 bits per heavy atom. The number of nitrogens with one attached hydrogen (secondary N) is 1. The van der Waals surface area contributed by atoms with Crippen molar-refractivity contribution in [3.05, 3.63) is 42.0 Å². The molecule has 1 aromatic rings. The Hall–Kier alpha value is -1.98. The summed E-state index contributed by atoms with van der Waals surface area (Å²) in [5.74, 6) is -0.319. The van der Waals surface area contributed by atoms with Gasteiger partial charge in [0.25, 0.3) is 0 Å². The number of benzene rings is 1. The van der Waals surface area contributed by atoms with Crippen LogP contribution in [-0.4, -0.2) is 12.3 Å². The van der Waals surface area contributed by atoms with E-state index in [1.807, 2.05) is 6.08 Å². The highest BCUT2D eigenvalue weighted by Gasteiger charge is 2.31. The summed E-state index contributed by atoms with van der Waals surface area (Å²) in [5, 5.41) is 2.90. The summed E-state index contributed by atoms with van der Waals surface area (Å²) in [6, 6.07) is 5.27. The Bertz CT molecular complexity index is 537. The van der Waals surface area contributed by atoms with E-state index in [1.165, 1.54) is 24.3 Å². The first kappa shape index (κ1) is 16.4. The molecule has 0 saturated heterocycles. The van der Waals surface area contributed by atoms with Gasteiger partial charge in [-0.1, -0.05) is 24.3 Å². The van der Waals surface area contributed by atoms with Crippen LogP contribution in [0.5, 0.6) is 5.75 Å². The third-order valence-electron chi connectivity index (χ3n) is 3.61. The molecule has 0 aromatic heterocycles. The van der Waals surface area contributed by atoms with Crippen molar-refractivity contribution in [2.75, 3.05) is 0 Å². The number of rotatable bonds is 4. The van der Waals surface area contributed by atoms with Gasteiger partial charge in [-0.15, -0.1) is 13.2 Å². The highest BCUT2D eigenvalue weighted by Crippen LogP contribution is 2.25. The van der Waals surface area contributed by atoms with Crippen LogP contribution in [0.25, 0.3) is 0 Å². The van der Waals surface area contributed by atoms with Gasteiger partial charge < -0.3 is 10.1 Å². The molecule has 0 fully saturated rings. The molecule has 1 amide bonds. The van der Waals surface area contributed by atoms with Crippen molar-refractivity contribution in [2.24, 2.45) is 5.92 Å². The Labute approximate surface area is 127 Å². The van der Waals surface area contributed by atoms with Crippen LogP contribution in [0.15, 0.2) is 36.4 Å². The quantitative estimate of drug-likeness (QED) is 0.849. The molecule has 3 nitrogen and oxygen atoms in total. The molecule has 1 aliphatic carbocycles. The molecule has 0 saturated carbocycles. The van der Waals surface area contributed by atoms with Crippen LogP contribution in [-0.2, 0) is 4.79 Å². The number of amides is 1. The minimum atomic E-state index is -4.70. The van der Waals surface area contributed by atoms with Crippen LogP contribution in [0.3, 0.4) is 0 Å². The predicted octanol–water partition coefficient (Wildman–Crippen LogP) is 4.12. The maximum absolute atomic E-state index is 12.1. The van der Waals surface area contributed by atoms with Crippen molar-refractivity contribution in [1.29, 1.82) is 0 Å². The molecule has 1 aromatic carbocycles. The fraction of sp³-hybridized carbons (Fsp3) is 0.438. The fourth-order valence-corrected chi connectivity index (χ4v) is 2.40. The molecular formula is C16H18F3NO2. The molecule has 2 rings (SSSR count). The van der Waals surface area contributed by atoms with Gasteiger partial charge in [-0.2, -0.15) is 0 Å². The van der Waals surface area contributed by atoms with Crippen LogP contribution in [0.4, 0.5) is 13.2 Å². The maximum atomic E-state index is 12.1. The standard InChI is InChI=1S/C16H18F3NO2/c1-11(20-15(21)13-5-3-2-4-6-13)12-7-9-14(10-8-12)22-16(17,18)19/h2-3,7-11,13H,4-6H2,1H3,(H,20,21)/t11-,13+/m1/s1. The van der Waals surface area contributed by atoms with Crippen molar-refractivity contribution in [2.45, 2.75) is 38.6 Å². The number of ether oxygens (including phenoxy) is 1. The molecule has 6 heteroatoms. The molecule has 0 radical (unpaired) electrons. The number of alkyl halides is 3. The summed E-state index contributed by atoms with van der Waals surface area (Å²) < 4.78 is 40.1. The predicted molar refractivity (Wildman–Crippen MR) is 76.2 cm³/mol. The Morgan fingerprint density at radius 2 is 1.95 bits per heavy atom. The zero-order valence-corrected chi connectivity index (χ0v) is 12.2. The van der Waals surface area contributed by atoms with E-state index in [2.05, 4.69) is 16.1 Å². The highest BCUT2D eigenvalue weighted by molar-refractivity contribution is 5.79. The van der Waals surface area contributed by atoms with Gasteiger partial charge in [0.05, 0.1) is 6.04 Å². The summed E-state index contributed by atoms with van der Waals surface area (Å²) in [5.41, 5.74) is 0.731. The minimum absolute atomic E-state index is 0.0209. The van der Waals surface area contributed by atoms with Crippen LogP contribution >= 0.6 is 0 Å². The summed E-state index contributed by atoms with van der Waals surface area (Å²) >= 11 is 0. The van der Waals surface area contributed by atoms with E-state index in [0.717, 1.165) is 24.8 Å². The number of hydrogen-bond donors (Lipinski definition) is 1. The molecule has 0 bridgehead atoms. The second kappa shape index (κ2) is 6.85. The van der Waals surface area contributed by atoms with E-state index in [1.54, 1.807) is 6.92 Å². The molecule has 2 atom stereocenters. The van der Waals surface area contributed by atoms with Crippen molar-refractivity contribution in [3.63, 3.8) is 0 Å². The number of halogens is 3. The lowest BCUT2D eigenvalue weighted by atomic mass is 9.93. The first-order valence-corrected chi connectivity index (χ1v) is 7.16. The lowest BCUT2D eigenvalue weighted by Crippen LogP contribution is -2.33. The van der Waals surface area contributed by atoms with E-state index < -0.39 is 6.36 Å². The largest absolute Gasteiger partial charge is 0.573 e. The van der Waals surface area contributed by atoms with Crippen LogP contribution in [0, 0.1) is 5.92 Å². The molecular weight excluding hydrogens is 295 g/mol. The molecule has 0 unspecified atom stereocenters. The molecule has 1 N–H and O–H groups in total. The lowest BCUT2D eigenvalue weighted by molar-refractivity contribution is -0.274. The number of allylic oxidation sites excluding steroid dienone is 2. The Kier molecular flexibility index (Phi) is 5.11. The molecule has 1 aliphatic rings. The van der Waals surface area contributed by atoms with Crippen molar-refractivity contribution >= 4 is 5.91 Å². The SMILES string of the molecule is C[C@@H](NC(=O)[C@H]1CC=CCC1)c1ccc(OC(F)(F)F)cc1. The van der Waals surface area contributed by atoms with E-state index in [0.29, 0.717) is 0 Å². The van der Waals surface area contributed by atoms with E-state index >= 15 is 0 Å². The Balaban J connectivity index is 1.93. The third-order valence-corrected chi connectivity index (χ3v) is 3.61. The average molecular weight is 313 g/mol. The first-order valence-electron chi connectivity index (χ1n) is 7.16. The molecule has 22 heavy (non-hydrogen) atoms. The van der Waals surface area contributed by atoms with Crippen LogP contribution < -0.4 is 10.1 Å². The van der Waals surface area contributed by atoms with Gasteiger partial charge in [-0.3, -0.25) is 4.79 Å². The summed E-state index contributed by atoms with van der Waals surface area (Å²) in [7, 11) is 0. The van der Waals surface area contributed by atoms with Gasteiger partial charge in [0.2, 0.25) is 5.91 Å². The monoisotopic (exact) mass is 313 g/mol. The van der Waals surface area contributed by atoms with Gasteiger partial charge in [0, 0.05) is 5.92 Å². The van der Waals surface area contributed by atoms with Gasteiger partial charge in [-0.05, 0) is 43.9 Å². The lowest BCUT2D eigenvalue weighted by Gasteiger charge is -2.21. The first-order chi connectivity index (χ1) is 10.3. The fourth-order valence-electron chi connectivity index (χ4n) is 2.40. The van der Waals surface area contributed by atoms with E-state index in [9.17, 15) is 18.0 Å². The maximum Gasteiger partial charge on any atom is 0.573 e. The molecule has 0 spiro atoms. The van der Waals surface area contributed by atoms with Crippen LogP contribution in [0.2, 0.25) is 0 Å². The van der Waals surface area contributed by atoms with Crippen molar-refractivity contribution < 1.29 is 22.7 Å². The van der Waals surface area contributed by atoms with Crippen molar-refractivity contribution in [3.8, 4) is 5.75 Å². The highest BCUT2D eigenvalue weighted by atomic mass is 19.4. The zero-order chi connectivity index (χ0) is 16.2. The van der Waals surface area contributed by atoms with Gasteiger partial charge in [0.15, 0.2) is 0 Å². The zero-order valence-electron chi connectivity index (χ0n) is 12.2. The minimum Gasteiger partial charge on any atom is -0.406 e.